The number of nitrogens with zero attached hydrogens (tertiary/aromatic N) is 4. The average molecular weight is 278 g/mol. The normalized spacial score (nSPS) is 9.45. The molecule has 0 bridgehead atoms. The number of amides is 2. The molecule has 20 heavy (non-hydrogen) atoms. The highest BCUT2D eigenvalue weighted by atomic mass is 16.6. The van der Waals surface area contributed by atoms with Gasteiger partial charge in [0.05, 0.1) is 4.92 Å². The van der Waals surface area contributed by atoms with Gasteiger partial charge in [-0.25, -0.2) is 9.78 Å². The molecule has 1 aromatic rings. The van der Waals surface area contributed by atoms with Crippen LogP contribution in [0.4, 0.5) is 16.3 Å². The second-order valence-electron chi connectivity index (χ2n) is 3.99. The van der Waals surface area contributed by atoms with Crippen LogP contribution in [0.25, 0.3) is 0 Å². The van der Waals surface area contributed by atoms with Gasteiger partial charge in [0, 0.05) is 33.3 Å². The molecule has 0 spiro atoms. The zero-order chi connectivity index (χ0) is 15.1. The Morgan fingerprint density at radius 1 is 1.50 bits per heavy atom. The SMILES string of the molecule is CN(C)C(=O)NCCNc1ccc([N+](=O)[O-])c(C#N)n1. The molecule has 106 valence electrons. The predicted molar refractivity (Wildman–Crippen MR) is 71.2 cm³/mol. The molecule has 2 N–H and O–H groups in total. The molecule has 1 heterocycles. The van der Waals surface area contributed by atoms with Crippen LogP contribution in [-0.2, 0) is 0 Å². The Kier molecular flexibility index (Phi) is 5.22. The third-order valence-electron chi connectivity index (χ3n) is 2.29. The quantitative estimate of drug-likeness (QED) is 0.460. The third kappa shape index (κ3) is 4.09. The topological polar surface area (TPSA) is 124 Å². The third-order valence-corrected chi connectivity index (χ3v) is 2.29. The second kappa shape index (κ2) is 6.89. The molecule has 2 amide bonds. The number of carbonyl (C=O) groups is 1. The van der Waals surface area contributed by atoms with Crippen molar-refractivity contribution in [2.75, 3.05) is 32.5 Å². The average Bonchev–Trinajstić information content (AvgIpc) is 2.42. The van der Waals surface area contributed by atoms with E-state index in [1.165, 1.54) is 17.0 Å². The van der Waals surface area contributed by atoms with Gasteiger partial charge in [-0.3, -0.25) is 10.1 Å². The highest BCUT2D eigenvalue weighted by Crippen LogP contribution is 2.17. The zero-order valence-corrected chi connectivity index (χ0v) is 11.1. The van der Waals surface area contributed by atoms with Crippen LogP contribution in [-0.4, -0.2) is 48.0 Å². The van der Waals surface area contributed by atoms with Gasteiger partial charge < -0.3 is 15.5 Å². The number of nitro groups is 1. The van der Waals surface area contributed by atoms with E-state index in [-0.39, 0.29) is 17.4 Å². The summed E-state index contributed by atoms with van der Waals surface area (Å²) in [4.78, 5) is 26.4. The predicted octanol–water partition coefficient (Wildman–Crippen LogP) is 0.545. The fourth-order valence-corrected chi connectivity index (χ4v) is 1.30. The van der Waals surface area contributed by atoms with E-state index in [1.54, 1.807) is 20.2 Å². The molecule has 9 nitrogen and oxygen atoms in total. The van der Waals surface area contributed by atoms with E-state index in [9.17, 15) is 14.9 Å². The molecule has 9 heteroatoms. The second-order valence-corrected chi connectivity index (χ2v) is 3.99. The van der Waals surface area contributed by atoms with E-state index in [0.29, 0.717) is 18.9 Å². The van der Waals surface area contributed by atoms with E-state index < -0.39 is 4.92 Å². The van der Waals surface area contributed by atoms with Gasteiger partial charge >= 0.3 is 11.7 Å². The van der Waals surface area contributed by atoms with Crippen LogP contribution in [0.2, 0.25) is 0 Å². The summed E-state index contributed by atoms with van der Waals surface area (Å²) in [6.07, 6.45) is 0. The molecule has 0 atom stereocenters. The summed E-state index contributed by atoms with van der Waals surface area (Å²) in [7, 11) is 3.25. The molecule has 1 rings (SSSR count). The first kappa shape index (κ1) is 15.2. The van der Waals surface area contributed by atoms with Crippen molar-refractivity contribution in [3.63, 3.8) is 0 Å². The minimum Gasteiger partial charge on any atom is -0.368 e. The number of hydrogen-bond acceptors (Lipinski definition) is 6. The Bertz CT molecular complexity index is 552. The molecular weight excluding hydrogens is 264 g/mol. The van der Waals surface area contributed by atoms with Crippen LogP contribution < -0.4 is 10.6 Å². The lowest BCUT2D eigenvalue weighted by Crippen LogP contribution is -2.37. The lowest BCUT2D eigenvalue weighted by atomic mass is 10.3. The molecular formula is C11H14N6O3. The van der Waals surface area contributed by atoms with Gasteiger partial charge in [0.1, 0.15) is 11.9 Å². The molecule has 1 aromatic heterocycles. The molecule has 0 fully saturated rings. The monoisotopic (exact) mass is 278 g/mol. The minimum atomic E-state index is -0.660. The molecule has 0 saturated heterocycles. The van der Waals surface area contributed by atoms with Gasteiger partial charge in [0.15, 0.2) is 0 Å². The van der Waals surface area contributed by atoms with E-state index in [0.717, 1.165) is 0 Å². The van der Waals surface area contributed by atoms with Crippen molar-refractivity contribution in [3.05, 3.63) is 27.9 Å². The number of carbonyl (C=O) groups excluding carboxylic acids is 1. The molecule has 0 aliphatic heterocycles. The number of rotatable bonds is 5. The Hall–Kier alpha value is -2.89. The Morgan fingerprint density at radius 3 is 2.75 bits per heavy atom. The van der Waals surface area contributed by atoms with Crippen LogP contribution in [0, 0.1) is 21.4 Å². The summed E-state index contributed by atoms with van der Waals surface area (Å²) in [5.74, 6) is 0.339. The van der Waals surface area contributed by atoms with Crippen LogP contribution in [0.5, 0.6) is 0 Å². The fraction of sp³-hybridized carbons (Fsp3) is 0.364. The summed E-state index contributed by atoms with van der Waals surface area (Å²) in [5, 5.41) is 24.9. The Labute approximate surface area is 115 Å². The standard InChI is InChI=1S/C11H14N6O3/c1-16(2)11(18)14-6-5-13-10-4-3-9(17(19)20)8(7-12)15-10/h3-4H,5-6H2,1-2H3,(H,13,15)(H,14,18). The maximum Gasteiger partial charge on any atom is 0.316 e. The van der Waals surface area contributed by atoms with Crippen molar-refractivity contribution in [1.29, 1.82) is 5.26 Å². The summed E-state index contributed by atoms with van der Waals surface area (Å²) >= 11 is 0. The number of anilines is 1. The fourth-order valence-electron chi connectivity index (χ4n) is 1.30. The molecule has 0 saturated carbocycles. The van der Waals surface area contributed by atoms with Crippen molar-refractivity contribution < 1.29 is 9.72 Å². The first-order chi connectivity index (χ1) is 9.45. The molecule has 0 aliphatic carbocycles. The van der Waals surface area contributed by atoms with Gasteiger partial charge in [-0.05, 0) is 6.07 Å². The summed E-state index contributed by atoms with van der Waals surface area (Å²) in [5.41, 5.74) is -0.587. The van der Waals surface area contributed by atoms with Crippen LogP contribution in [0.3, 0.4) is 0 Å². The smallest absolute Gasteiger partial charge is 0.316 e. The van der Waals surface area contributed by atoms with Crippen molar-refractivity contribution in [3.8, 4) is 6.07 Å². The van der Waals surface area contributed by atoms with Crippen LogP contribution in [0.1, 0.15) is 5.69 Å². The van der Waals surface area contributed by atoms with Gasteiger partial charge in [0.25, 0.3) is 0 Å². The zero-order valence-electron chi connectivity index (χ0n) is 11.1. The van der Waals surface area contributed by atoms with Crippen molar-refractivity contribution in [2.45, 2.75) is 0 Å². The summed E-state index contributed by atoms with van der Waals surface area (Å²) < 4.78 is 0. The maximum atomic E-state index is 11.2. The largest absolute Gasteiger partial charge is 0.368 e. The van der Waals surface area contributed by atoms with Gasteiger partial charge in [-0.2, -0.15) is 5.26 Å². The highest BCUT2D eigenvalue weighted by molar-refractivity contribution is 5.73. The van der Waals surface area contributed by atoms with Crippen molar-refractivity contribution in [1.82, 2.24) is 15.2 Å². The summed E-state index contributed by atoms with van der Waals surface area (Å²) in [6, 6.07) is 4.07. The molecule has 0 aromatic carbocycles. The van der Waals surface area contributed by atoms with Gasteiger partial charge in [-0.15, -0.1) is 0 Å². The number of aromatic nitrogens is 1. The lowest BCUT2D eigenvalue weighted by Gasteiger charge is -2.12. The number of nitriles is 1. The summed E-state index contributed by atoms with van der Waals surface area (Å²) in [6.45, 7) is 0.743. The lowest BCUT2D eigenvalue weighted by molar-refractivity contribution is -0.385. The highest BCUT2D eigenvalue weighted by Gasteiger charge is 2.15. The number of pyridine rings is 1. The van der Waals surface area contributed by atoms with Crippen LogP contribution >= 0.6 is 0 Å². The molecule has 0 unspecified atom stereocenters. The first-order valence-electron chi connectivity index (χ1n) is 5.70. The number of urea groups is 1. The van der Waals surface area contributed by atoms with Crippen molar-refractivity contribution in [2.24, 2.45) is 0 Å². The van der Waals surface area contributed by atoms with Gasteiger partial charge in [0.2, 0.25) is 5.69 Å². The van der Waals surface area contributed by atoms with E-state index in [1.807, 2.05) is 0 Å². The first-order valence-corrected chi connectivity index (χ1v) is 5.70. The Balaban J connectivity index is 2.56. The van der Waals surface area contributed by atoms with Crippen molar-refractivity contribution >= 4 is 17.5 Å². The molecule has 0 radical (unpaired) electrons. The minimum absolute atomic E-state index is 0.221. The maximum absolute atomic E-state index is 11.2. The van der Waals surface area contributed by atoms with E-state index in [4.69, 9.17) is 5.26 Å². The number of hydrogen-bond donors (Lipinski definition) is 2. The van der Waals surface area contributed by atoms with E-state index >= 15 is 0 Å². The molecule has 0 aliphatic rings. The van der Waals surface area contributed by atoms with Gasteiger partial charge in [-0.1, -0.05) is 0 Å². The van der Waals surface area contributed by atoms with Crippen LogP contribution in [0.15, 0.2) is 12.1 Å². The Morgan fingerprint density at radius 2 is 2.20 bits per heavy atom. The van der Waals surface area contributed by atoms with E-state index in [2.05, 4.69) is 15.6 Å². The number of nitrogens with one attached hydrogen (secondary N) is 2.